The van der Waals surface area contributed by atoms with E-state index in [0.717, 1.165) is 22.7 Å². The second-order valence-electron chi connectivity index (χ2n) is 6.33. The summed E-state index contributed by atoms with van der Waals surface area (Å²) in [6, 6.07) is 4.21. The van der Waals surface area contributed by atoms with Gasteiger partial charge in [0, 0.05) is 29.4 Å². The number of hydrogen-bond acceptors (Lipinski definition) is 3. The first-order valence-corrected chi connectivity index (χ1v) is 8.55. The van der Waals surface area contributed by atoms with Crippen LogP contribution in [0.1, 0.15) is 45.0 Å². The first kappa shape index (κ1) is 18.7. The minimum atomic E-state index is 0.0888. The lowest BCUT2D eigenvalue weighted by Crippen LogP contribution is -2.24. The van der Waals surface area contributed by atoms with Crippen molar-refractivity contribution >= 4 is 5.71 Å². The van der Waals surface area contributed by atoms with Crippen LogP contribution in [0.5, 0.6) is 0 Å². The molecule has 1 atom stereocenters. The van der Waals surface area contributed by atoms with Crippen molar-refractivity contribution in [2.45, 2.75) is 40.7 Å². The van der Waals surface area contributed by atoms with Crippen molar-refractivity contribution in [2.75, 3.05) is 0 Å². The molecule has 1 N–H and O–H groups in total. The topological polar surface area (TPSA) is 37.3 Å². The molecule has 1 aliphatic carbocycles. The molecule has 3 nitrogen and oxygen atoms in total. The number of hydrogen-bond donors (Lipinski definition) is 1. The van der Waals surface area contributed by atoms with Crippen LogP contribution in [-0.2, 0) is 0 Å². The standard InChI is InChI=1S/C22H27N3/c1-7-16(5)22(19-10-9-13-24-17(19)6)25-18-11-12-21(23-8-2)20(14-18)15(3)4/h7-14,22,25H,2H2,1,3-6H3/b16-7+,23-21?. The molecule has 0 aliphatic heterocycles. The summed E-state index contributed by atoms with van der Waals surface area (Å²) in [4.78, 5) is 8.81. The summed E-state index contributed by atoms with van der Waals surface area (Å²) < 4.78 is 0. The molecule has 1 unspecified atom stereocenters. The summed E-state index contributed by atoms with van der Waals surface area (Å²) in [5, 5.41) is 3.66. The molecule has 0 saturated heterocycles. The van der Waals surface area contributed by atoms with Crippen molar-refractivity contribution in [3.63, 3.8) is 0 Å². The molecule has 3 heteroatoms. The average molecular weight is 333 g/mol. The Labute approximate surface area is 151 Å². The predicted octanol–water partition coefficient (Wildman–Crippen LogP) is 5.36. The Kier molecular flexibility index (Phi) is 6.29. The van der Waals surface area contributed by atoms with Crippen molar-refractivity contribution in [1.29, 1.82) is 0 Å². The SMILES string of the molecule is C=CN=C1C=CC(NC(/C(C)=C/C)c2cccnc2C)=CC1=C(C)C. The lowest BCUT2D eigenvalue weighted by Gasteiger charge is -2.25. The monoisotopic (exact) mass is 333 g/mol. The zero-order valence-corrected chi connectivity index (χ0v) is 15.8. The number of nitrogens with one attached hydrogen (secondary N) is 1. The van der Waals surface area contributed by atoms with Crippen molar-refractivity contribution in [2.24, 2.45) is 4.99 Å². The third-order valence-electron chi connectivity index (χ3n) is 4.35. The molecule has 0 spiro atoms. The van der Waals surface area contributed by atoms with Gasteiger partial charge in [0.1, 0.15) is 0 Å². The molecule has 2 rings (SSSR count). The van der Waals surface area contributed by atoms with Crippen molar-refractivity contribution < 1.29 is 0 Å². The number of aryl methyl sites for hydroxylation is 1. The Morgan fingerprint density at radius 3 is 2.64 bits per heavy atom. The lowest BCUT2D eigenvalue weighted by atomic mass is 9.95. The van der Waals surface area contributed by atoms with E-state index < -0.39 is 0 Å². The van der Waals surface area contributed by atoms with Gasteiger partial charge in [0.25, 0.3) is 0 Å². The molecule has 0 radical (unpaired) electrons. The number of aromatic nitrogens is 1. The van der Waals surface area contributed by atoms with E-state index in [1.807, 2.05) is 18.3 Å². The van der Waals surface area contributed by atoms with Gasteiger partial charge < -0.3 is 5.32 Å². The third kappa shape index (κ3) is 4.44. The normalized spacial score (nSPS) is 17.3. The molecule has 0 saturated carbocycles. The van der Waals surface area contributed by atoms with Gasteiger partial charge in [0.15, 0.2) is 0 Å². The van der Waals surface area contributed by atoms with Crippen LogP contribution in [0.2, 0.25) is 0 Å². The van der Waals surface area contributed by atoms with E-state index >= 15 is 0 Å². The molecule has 1 aliphatic rings. The molecule has 0 aromatic carbocycles. The smallest absolute Gasteiger partial charge is 0.0742 e. The molecule has 1 heterocycles. The molecular weight excluding hydrogens is 306 g/mol. The predicted molar refractivity (Wildman–Crippen MR) is 108 cm³/mol. The fraction of sp³-hybridized carbons (Fsp3) is 0.273. The highest BCUT2D eigenvalue weighted by molar-refractivity contribution is 6.12. The quantitative estimate of drug-likeness (QED) is 0.736. The summed E-state index contributed by atoms with van der Waals surface area (Å²) in [6.07, 6.45) is 11.8. The number of pyridine rings is 1. The minimum Gasteiger partial charge on any atom is -0.374 e. The maximum absolute atomic E-state index is 4.45. The van der Waals surface area contributed by atoms with Gasteiger partial charge in [-0.25, -0.2) is 0 Å². The molecule has 0 bridgehead atoms. The largest absolute Gasteiger partial charge is 0.374 e. The van der Waals surface area contributed by atoms with Crippen LogP contribution in [0, 0.1) is 6.92 Å². The van der Waals surface area contributed by atoms with E-state index in [1.54, 1.807) is 6.20 Å². The summed E-state index contributed by atoms with van der Waals surface area (Å²) in [6.45, 7) is 14.2. The molecule has 25 heavy (non-hydrogen) atoms. The van der Waals surface area contributed by atoms with Crippen LogP contribution in [0.25, 0.3) is 0 Å². The van der Waals surface area contributed by atoms with E-state index in [9.17, 15) is 0 Å². The van der Waals surface area contributed by atoms with Crippen molar-refractivity contribution in [3.8, 4) is 0 Å². The number of nitrogens with zero attached hydrogens (tertiary/aromatic N) is 2. The minimum absolute atomic E-state index is 0.0888. The Hall–Kier alpha value is -2.68. The summed E-state index contributed by atoms with van der Waals surface area (Å²) in [5.41, 5.74) is 7.85. The zero-order chi connectivity index (χ0) is 18.4. The van der Waals surface area contributed by atoms with Crippen molar-refractivity contribution in [1.82, 2.24) is 10.3 Å². The number of aliphatic imine (C=N–C) groups is 1. The molecule has 0 amide bonds. The van der Waals surface area contributed by atoms with Crippen LogP contribution < -0.4 is 5.32 Å². The Balaban J connectivity index is 2.41. The van der Waals surface area contributed by atoms with E-state index in [2.05, 4.69) is 80.8 Å². The Bertz CT molecular complexity index is 800. The van der Waals surface area contributed by atoms with E-state index in [-0.39, 0.29) is 6.04 Å². The highest BCUT2D eigenvalue weighted by Gasteiger charge is 2.18. The molecule has 130 valence electrons. The summed E-state index contributed by atoms with van der Waals surface area (Å²) in [7, 11) is 0. The lowest BCUT2D eigenvalue weighted by molar-refractivity contribution is 0.680. The first-order chi connectivity index (χ1) is 12.0. The van der Waals surface area contributed by atoms with Crippen LogP contribution in [0.3, 0.4) is 0 Å². The Morgan fingerprint density at radius 2 is 2.04 bits per heavy atom. The summed E-state index contributed by atoms with van der Waals surface area (Å²) in [5.74, 6) is 0. The van der Waals surface area contributed by atoms with Crippen LogP contribution in [0.15, 0.2) is 82.8 Å². The van der Waals surface area contributed by atoms with Gasteiger partial charge >= 0.3 is 0 Å². The van der Waals surface area contributed by atoms with Gasteiger partial charge in [-0.05, 0) is 64.5 Å². The molecule has 1 aromatic heterocycles. The molecule has 1 aromatic rings. The van der Waals surface area contributed by atoms with Gasteiger partial charge in [0.2, 0.25) is 0 Å². The van der Waals surface area contributed by atoms with Gasteiger partial charge in [-0.3, -0.25) is 9.98 Å². The highest BCUT2D eigenvalue weighted by Crippen LogP contribution is 2.26. The van der Waals surface area contributed by atoms with Crippen LogP contribution in [-0.4, -0.2) is 10.7 Å². The van der Waals surface area contributed by atoms with Crippen LogP contribution in [0.4, 0.5) is 0 Å². The number of rotatable bonds is 5. The fourth-order valence-electron chi connectivity index (χ4n) is 2.81. The van der Waals surface area contributed by atoms with Gasteiger partial charge in [-0.15, -0.1) is 0 Å². The third-order valence-corrected chi connectivity index (χ3v) is 4.35. The fourth-order valence-corrected chi connectivity index (χ4v) is 2.81. The highest BCUT2D eigenvalue weighted by atomic mass is 14.9. The number of allylic oxidation sites excluding steroid dienone is 6. The zero-order valence-electron chi connectivity index (χ0n) is 15.8. The summed E-state index contributed by atoms with van der Waals surface area (Å²) >= 11 is 0. The van der Waals surface area contributed by atoms with Gasteiger partial charge in [0.05, 0.1) is 11.8 Å². The maximum Gasteiger partial charge on any atom is 0.0742 e. The van der Waals surface area contributed by atoms with Crippen molar-refractivity contribution in [3.05, 3.63) is 89.1 Å². The second kappa shape index (κ2) is 8.43. The maximum atomic E-state index is 4.45. The Morgan fingerprint density at radius 1 is 1.28 bits per heavy atom. The van der Waals surface area contributed by atoms with Gasteiger partial charge in [-0.2, -0.15) is 0 Å². The van der Waals surface area contributed by atoms with E-state index in [1.165, 1.54) is 16.7 Å². The average Bonchev–Trinajstić information content (AvgIpc) is 2.61. The van der Waals surface area contributed by atoms with Gasteiger partial charge in [-0.1, -0.05) is 29.9 Å². The van der Waals surface area contributed by atoms with E-state index in [0.29, 0.717) is 0 Å². The van der Waals surface area contributed by atoms with Crippen LogP contribution >= 0.6 is 0 Å². The van der Waals surface area contributed by atoms with E-state index in [4.69, 9.17) is 0 Å². The molecular formula is C22H27N3. The molecule has 0 fully saturated rings. The second-order valence-corrected chi connectivity index (χ2v) is 6.33. The first-order valence-electron chi connectivity index (χ1n) is 8.55.